The molecule has 0 N–H and O–H groups in total. The number of hydrogen-bond donors (Lipinski definition) is 0. The first-order chi connectivity index (χ1) is 12.9. The summed E-state index contributed by atoms with van der Waals surface area (Å²) in [6.45, 7) is 9.11. The summed E-state index contributed by atoms with van der Waals surface area (Å²) in [7, 11) is 0. The largest absolute Gasteiger partial charge is 0.207 e. The Morgan fingerprint density at radius 1 is 1.07 bits per heavy atom. The number of benzene rings is 2. The van der Waals surface area contributed by atoms with Crippen LogP contribution in [0.15, 0.2) is 30.3 Å². The van der Waals surface area contributed by atoms with Crippen LogP contribution < -0.4 is 0 Å². The van der Waals surface area contributed by atoms with Crippen LogP contribution in [0.2, 0.25) is 0 Å². The highest BCUT2D eigenvalue weighted by molar-refractivity contribution is 5.48. The minimum Gasteiger partial charge on any atom is -0.207 e. The molecule has 4 rings (SSSR count). The van der Waals surface area contributed by atoms with Gasteiger partial charge in [0.2, 0.25) is 0 Å². The van der Waals surface area contributed by atoms with Crippen LogP contribution >= 0.6 is 0 Å². The van der Waals surface area contributed by atoms with Crippen molar-refractivity contribution in [2.75, 3.05) is 0 Å². The van der Waals surface area contributed by atoms with E-state index in [0.29, 0.717) is 17.3 Å². The summed E-state index contributed by atoms with van der Waals surface area (Å²) in [6, 6.07) is 11.0. The number of halogens is 1. The monoisotopic (exact) mass is 364 g/mol. The number of fused-ring (bicyclic) bond motifs is 1. The normalized spacial score (nSPS) is 23.6. The van der Waals surface area contributed by atoms with E-state index in [1.807, 2.05) is 6.07 Å². The van der Waals surface area contributed by atoms with Crippen molar-refractivity contribution in [3.63, 3.8) is 0 Å². The van der Waals surface area contributed by atoms with E-state index in [2.05, 4.69) is 52.0 Å². The first-order valence-electron chi connectivity index (χ1n) is 10.8. The summed E-state index contributed by atoms with van der Waals surface area (Å²) in [4.78, 5) is 0. The molecule has 1 heteroatoms. The van der Waals surface area contributed by atoms with Crippen LogP contribution in [0.25, 0.3) is 0 Å². The lowest BCUT2D eigenvalue weighted by molar-refractivity contribution is 0.338. The molecule has 1 fully saturated rings. The summed E-state index contributed by atoms with van der Waals surface area (Å²) < 4.78 is 14.9. The predicted molar refractivity (Wildman–Crippen MR) is 112 cm³/mol. The van der Waals surface area contributed by atoms with Crippen molar-refractivity contribution < 1.29 is 4.39 Å². The van der Waals surface area contributed by atoms with E-state index >= 15 is 0 Å². The second-order valence-corrected chi connectivity index (χ2v) is 9.69. The van der Waals surface area contributed by atoms with E-state index in [1.165, 1.54) is 47.1 Å². The molecular formula is C26H33F. The van der Waals surface area contributed by atoms with Crippen LogP contribution in [0.4, 0.5) is 4.39 Å². The second kappa shape index (κ2) is 7.08. The summed E-state index contributed by atoms with van der Waals surface area (Å²) >= 11 is 0. The van der Waals surface area contributed by atoms with Crippen molar-refractivity contribution in [1.29, 1.82) is 0 Å². The number of aryl methyl sites for hydroxylation is 1. The summed E-state index contributed by atoms with van der Waals surface area (Å²) in [5.41, 5.74) is 8.14. The van der Waals surface area contributed by atoms with Gasteiger partial charge in [0.15, 0.2) is 0 Å². The third-order valence-electron chi connectivity index (χ3n) is 7.01. The van der Waals surface area contributed by atoms with Gasteiger partial charge < -0.3 is 0 Å². The first-order valence-corrected chi connectivity index (χ1v) is 10.8. The fourth-order valence-corrected chi connectivity index (χ4v) is 5.40. The van der Waals surface area contributed by atoms with E-state index in [1.54, 1.807) is 0 Å². The third-order valence-corrected chi connectivity index (χ3v) is 7.01. The van der Waals surface area contributed by atoms with Crippen LogP contribution in [0.3, 0.4) is 0 Å². The fourth-order valence-electron chi connectivity index (χ4n) is 5.40. The Labute approximate surface area is 164 Å². The summed E-state index contributed by atoms with van der Waals surface area (Å²) in [6.07, 6.45) is 7.79. The highest BCUT2D eigenvalue weighted by Gasteiger charge is 2.33. The minimum atomic E-state index is 0.0213. The van der Waals surface area contributed by atoms with Gasteiger partial charge in [-0.25, -0.2) is 4.39 Å². The molecule has 0 spiro atoms. The molecule has 0 aliphatic heterocycles. The Bertz CT molecular complexity index is 846. The van der Waals surface area contributed by atoms with Crippen molar-refractivity contribution in [2.24, 2.45) is 5.92 Å². The zero-order valence-corrected chi connectivity index (χ0v) is 17.4. The van der Waals surface area contributed by atoms with E-state index in [4.69, 9.17) is 0 Å². The lowest BCUT2D eigenvalue weighted by Gasteiger charge is -2.38. The van der Waals surface area contributed by atoms with Crippen molar-refractivity contribution in [3.8, 4) is 0 Å². The topological polar surface area (TPSA) is 0 Å². The van der Waals surface area contributed by atoms with Crippen LogP contribution in [-0.2, 0) is 24.7 Å². The summed E-state index contributed by atoms with van der Waals surface area (Å²) in [5, 5.41) is 0. The molecule has 2 atom stereocenters. The lowest BCUT2D eigenvalue weighted by atomic mass is 9.66. The summed E-state index contributed by atoms with van der Waals surface area (Å²) in [5.74, 6) is 1.13. The Hall–Kier alpha value is -1.63. The molecule has 0 bridgehead atoms. The zero-order valence-electron chi connectivity index (χ0n) is 17.4. The SMILES string of the molecule is CCc1cc(F)c(C2CCCC(C)C2)cc1Cc1ccc2c(c1)C(C)(C)C2. The Kier molecular flexibility index (Phi) is 4.91. The smallest absolute Gasteiger partial charge is 0.126 e. The van der Waals surface area contributed by atoms with Gasteiger partial charge in [0.1, 0.15) is 5.82 Å². The van der Waals surface area contributed by atoms with Gasteiger partial charge in [0.25, 0.3) is 0 Å². The van der Waals surface area contributed by atoms with Gasteiger partial charge in [-0.3, -0.25) is 0 Å². The average molecular weight is 365 g/mol. The molecule has 2 aliphatic carbocycles. The molecule has 2 aromatic rings. The molecule has 1 saturated carbocycles. The molecule has 0 nitrogen and oxygen atoms in total. The standard InChI is InChI=1S/C26H33F/c1-5-19-15-25(27)23(20-8-6-7-17(2)11-20)14-22(19)12-18-9-10-21-16-26(3,4)24(21)13-18/h9-10,13-15,17,20H,5-8,11-12,16H2,1-4H3. The quantitative estimate of drug-likeness (QED) is 0.542. The predicted octanol–water partition coefficient (Wildman–Crippen LogP) is 7.11. The van der Waals surface area contributed by atoms with Crippen molar-refractivity contribution in [1.82, 2.24) is 0 Å². The molecule has 0 saturated heterocycles. The highest BCUT2D eigenvalue weighted by Crippen LogP contribution is 2.41. The molecule has 2 aromatic carbocycles. The average Bonchev–Trinajstić information content (AvgIpc) is 2.63. The first kappa shape index (κ1) is 18.7. The van der Waals surface area contributed by atoms with Gasteiger partial charge in [-0.1, -0.05) is 64.8 Å². The Morgan fingerprint density at radius 2 is 1.89 bits per heavy atom. The van der Waals surface area contributed by atoms with Gasteiger partial charge in [-0.15, -0.1) is 0 Å². The Balaban J connectivity index is 1.66. The zero-order chi connectivity index (χ0) is 19.2. The molecule has 27 heavy (non-hydrogen) atoms. The van der Waals surface area contributed by atoms with Gasteiger partial charge in [-0.05, 0) is 88.8 Å². The maximum atomic E-state index is 14.9. The Morgan fingerprint density at radius 3 is 2.59 bits per heavy atom. The van der Waals surface area contributed by atoms with Crippen LogP contribution in [0.5, 0.6) is 0 Å². The maximum absolute atomic E-state index is 14.9. The molecular weight excluding hydrogens is 331 g/mol. The molecule has 0 heterocycles. The highest BCUT2D eigenvalue weighted by atomic mass is 19.1. The number of hydrogen-bond acceptors (Lipinski definition) is 0. The van der Waals surface area contributed by atoms with Gasteiger partial charge in [0, 0.05) is 0 Å². The van der Waals surface area contributed by atoms with Crippen molar-refractivity contribution >= 4 is 0 Å². The fraction of sp³-hybridized carbons (Fsp3) is 0.538. The van der Waals surface area contributed by atoms with Gasteiger partial charge in [0.05, 0.1) is 0 Å². The van der Waals surface area contributed by atoms with Crippen LogP contribution in [0, 0.1) is 11.7 Å². The second-order valence-electron chi connectivity index (χ2n) is 9.69. The van der Waals surface area contributed by atoms with Gasteiger partial charge >= 0.3 is 0 Å². The van der Waals surface area contributed by atoms with E-state index in [0.717, 1.165) is 31.2 Å². The number of rotatable bonds is 4. The minimum absolute atomic E-state index is 0.0213. The van der Waals surface area contributed by atoms with E-state index < -0.39 is 0 Å². The molecule has 0 aromatic heterocycles. The maximum Gasteiger partial charge on any atom is 0.126 e. The lowest BCUT2D eigenvalue weighted by Crippen LogP contribution is -2.32. The van der Waals surface area contributed by atoms with Crippen molar-refractivity contribution in [3.05, 3.63) is 69.5 Å². The molecule has 2 unspecified atom stereocenters. The van der Waals surface area contributed by atoms with Crippen LogP contribution in [0.1, 0.15) is 92.7 Å². The molecule has 0 amide bonds. The van der Waals surface area contributed by atoms with E-state index in [-0.39, 0.29) is 5.82 Å². The molecule has 2 aliphatic rings. The molecule has 0 radical (unpaired) electrons. The third kappa shape index (κ3) is 3.58. The van der Waals surface area contributed by atoms with E-state index in [9.17, 15) is 4.39 Å². The van der Waals surface area contributed by atoms with Crippen LogP contribution in [-0.4, -0.2) is 0 Å². The van der Waals surface area contributed by atoms with Gasteiger partial charge in [-0.2, -0.15) is 0 Å². The molecule has 144 valence electrons. The van der Waals surface area contributed by atoms with Crippen molar-refractivity contribution in [2.45, 2.75) is 84.0 Å².